The molecule has 0 amide bonds. The van der Waals surface area contributed by atoms with Crippen LogP contribution in [0.3, 0.4) is 0 Å². The molecule has 0 bridgehead atoms. The molecule has 0 saturated heterocycles. The molecule has 0 radical (unpaired) electrons. The molecular weight excluding hydrogens is 326 g/mol. The number of hydrogen-bond acceptors (Lipinski definition) is 4. The van der Waals surface area contributed by atoms with Gasteiger partial charge in [-0.05, 0) is 35.9 Å². The van der Waals surface area contributed by atoms with Gasteiger partial charge in [0.05, 0.1) is 20.6 Å². The highest BCUT2D eigenvalue weighted by atomic mass is 35.5. The van der Waals surface area contributed by atoms with Crippen LogP contribution in [0.4, 0.5) is 5.69 Å². The first-order valence-electron chi connectivity index (χ1n) is 6.26. The molecule has 0 unspecified atom stereocenters. The summed E-state index contributed by atoms with van der Waals surface area (Å²) in [6, 6.07) is 13.5. The summed E-state index contributed by atoms with van der Waals surface area (Å²) in [5.41, 5.74) is 0.469. The molecule has 0 aliphatic heterocycles. The third-order valence-corrected chi connectivity index (χ3v) is 5.25. The number of benzene rings is 2. The monoisotopic (exact) mass is 337 g/mol. The first-order valence-corrected chi connectivity index (χ1v) is 8.28. The quantitative estimate of drug-likeness (QED) is 0.474. The van der Waals surface area contributed by atoms with E-state index in [2.05, 4.69) is 0 Å². The van der Waals surface area contributed by atoms with Crippen LogP contribution in [0.5, 0.6) is 0 Å². The van der Waals surface area contributed by atoms with Gasteiger partial charge in [-0.3, -0.25) is 10.1 Å². The van der Waals surface area contributed by atoms with Gasteiger partial charge in [-0.2, -0.15) is 0 Å². The van der Waals surface area contributed by atoms with Crippen LogP contribution in [-0.4, -0.2) is 19.2 Å². The zero-order valence-corrected chi connectivity index (χ0v) is 12.9. The Morgan fingerprint density at radius 2 is 1.68 bits per heavy atom. The Kier molecular flexibility index (Phi) is 4.95. The van der Waals surface area contributed by atoms with Crippen LogP contribution in [0, 0.1) is 10.1 Å². The number of nitro groups is 1. The number of nitrogens with zero attached hydrogens (tertiary/aromatic N) is 1. The molecular formula is C15H12ClNO4S. The third-order valence-electron chi connectivity index (χ3n) is 2.96. The fourth-order valence-electron chi connectivity index (χ4n) is 1.82. The average molecular weight is 338 g/mol. The molecule has 2 aromatic rings. The zero-order valence-electron chi connectivity index (χ0n) is 11.3. The Morgan fingerprint density at radius 3 is 2.18 bits per heavy atom. The molecule has 7 heteroatoms. The highest BCUT2D eigenvalue weighted by Gasteiger charge is 2.19. The Bertz CT molecular complexity index is 799. The summed E-state index contributed by atoms with van der Waals surface area (Å²) < 4.78 is 25.0. The summed E-state index contributed by atoms with van der Waals surface area (Å²) in [5.74, 6) is -0.186. The second kappa shape index (κ2) is 6.72. The molecule has 2 rings (SSSR count). The SMILES string of the molecule is O=[N+]([O-])c1ccc(/C=C(\CCl)S(=O)(=O)c2ccccc2)cc1. The molecule has 114 valence electrons. The van der Waals surface area contributed by atoms with E-state index in [0.717, 1.165) is 0 Å². The summed E-state index contributed by atoms with van der Waals surface area (Å²) in [5, 5.41) is 10.6. The minimum absolute atomic E-state index is 0.0363. The van der Waals surface area contributed by atoms with Crippen LogP contribution >= 0.6 is 11.6 Å². The summed E-state index contributed by atoms with van der Waals surface area (Å²) in [4.78, 5) is 10.3. The van der Waals surface area contributed by atoms with Gasteiger partial charge in [0.25, 0.3) is 5.69 Å². The Labute approximate surface area is 132 Å². The predicted octanol–water partition coefficient (Wildman–Crippen LogP) is 3.65. The average Bonchev–Trinajstić information content (AvgIpc) is 2.53. The van der Waals surface area contributed by atoms with Crippen molar-refractivity contribution in [2.45, 2.75) is 4.90 Å². The molecule has 0 fully saturated rings. The first kappa shape index (κ1) is 16.2. The summed E-state index contributed by atoms with van der Waals surface area (Å²) in [6.07, 6.45) is 1.42. The Balaban J connectivity index is 2.41. The topological polar surface area (TPSA) is 77.3 Å². The van der Waals surface area contributed by atoms with Crippen molar-refractivity contribution in [2.75, 3.05) is 5.88 Å². The van der Waals surface area contributed by atoms with Gasteiger partial charge in [-0.25, -0.2) is 8.42 Å². The minimum atomic E-state index is -3.68. The smallest absolute Gasteiger partial charge is 0.258 e. The molecule has 22 heavy (non-hydrogen) atoms. The number of rotatable bonds is 5. The van der Waals surface area contributed by atoms with Crippen LogP contribution in [0.1, 0.15) is 5.56 Å². The fourth-order valence-corrected chi connectivity index (χ4v) is 3.58. The van der Waals surface area contributed by atoms with Crippen molar-refractivity contribution in [2.24, 2.45) is 0 Å². The van der Waals surface area contributed by atoms with Crippen LogP contribution in [0.15, 0.2) is 64.4 Å². The number of sulfone groups is 1. The molecule has 0 saturated carbocycles. The summed E-state index contributed by atoms with van der Waals surface area (Å²) in [6.45, 7) is 0. The molecule has 0 atom stereocenters. The van der Waals surface area contributed by atoms with Crippen molar-refractivity contribution in [3.8, 4) is 0 Å². The third kappa shape index (κ3) is 3.52. The van der Waals surface area contributed by atoms with E-state index < -0.39 is 14.8 Å². The number of hydrogen-bond donors (Lipinski definition) is 0. The molecule has 5 nitrogen and oxygen atoms in total. The van der Waals surface area contributed by atoms with Crippen LogP contribution in [0.25, 0.3) is 6.08 Å². The number of alkyl halides is 1. The van der Waals surface area contributed by atoms with Crippen molar-refractivity contribution < 1.29 is 13.3 Å². The number of halogens is 1. The van der Waals surface area contributed by atoms with Crippen molar-refractivity contribution >= 4 is 33.2 Å². The second-order valence-corrected chi connectivity index (χ2v) is 6.68. The van der Waals surface area contributed by atoms with Gasteiger partial charge in [-0.1, -0.05) is 18.2 Å². The minimum Gasteiger partial charge on any atom is -0.258 e. The Hall–Kier alpha value is -2.18. The number of allylic oxidation sites excluding steroid dienone is 1. The van der Waals surface area contributed by atoms with Gasteiger partial charge in [-0.15, -0.1) is 11.6 Å². The van der Waals surface area contributed by atoms with E-state index in [0.29, 0.717) is 5.56 Å². The van der Waals surface area contributed by atoms with Gasteiger partial charge >= 0.3 is 0 Å². The summed E-state index contributed by atoms with van der Waals surface area (Å²) in [7, 11) is -3.68. The van der Waals surface area contributed by atoms with Crippen molar-refractivity contribution in [3.05, 3.63) is 75.2 Å². The molecule has 0 spiro atoms. The lowest BCUT2D eigenvalue weighted by Gasteiger charge is -2.06. The second-order valence-electron chi connectivity index (χ2n) is 4.41. The van der Waals surface area contributed by atoms with E-state index in [1.54, 1.807) is 18.2 Å². The predicted molar refractivity (Wildman–Crippen MR) is 85.4 cm³/mol. The van der Waals surface area contributed by atoms with Gasteiger partial charge in [0.2, 0.25) is 9.84 Å². The Morgan fingerprint density at radius 1 is 1.09 bits per heavy atom. The van der Waals surface area contributed by atoms with Gasteiger partial charge in [0.1, 0.15) is 0 Å². The molecule has 0 aliphatic rings. The maximum Gasteiger partial charge on any atom is 0.269 e. The lowest BCUT2D eigenvalue weighted by atomic mass is 10.2. The van der Waals surface area contributed by atoms with Crippen LogP contribution in [-0.2, 0) is 9.84 Å². The van der Waals surface area contributed by atoms with Crippen LogP contribution < -0.4 is 0 Å². The van der Waals surface area contributed by atoms with E-state index in [1.807, 2.05) is 0 Å². The van der Waals surface area contributed by atoms with E-state index in [9.17, 15) is 18.5 Å². The van der Waals surface area contributed by atoms with Gasteiger partial charge < -0.3 is 0 Å². The van der Waals surface area contributed by atoms with Gasteiger partial charge in [0, 0.05) is 12.1 Å². The zero-order chi connectivity index (χ0) is 16.2. The standard InChI is InChI=1S/C15H12ClNO4S/c16-11-15(22(20,21)14-4-2-1-3-5-14)10-12-6-8-13(9-7-12)17(18)19/h1-10H,11H2/b15-10+. The molecule has 0 aliphatic carbocycles. The van der Waals surface area contributed by atoms with Gasteiger partial charge in [0.15, 0.2) is 0 Å². The maximum atomic E-state index is 12.5. The van der Waals surface area contributed by atoms with E-state index >= 15 is 0 Å². The lowest BCUT2D eigenvalue weighted by Crippen LogP contribution is -2.06. The first-order chi connectivity index (χ1) is 10.4. The molecule has 2 aromatic carbocycles. The van der Waals surface area contributed by atoms with Crippen LogP contribution in [0.2, 0.25) is 0 Å². The van der Waals surface area contributed by atoms with Crippen molar-refractivity contribution in [1.82, 2.24) is 0 Å². The summed E-state index contributed by atoms with van der Waals surface area (Å²) >= 11 is 5.78. The molecule has 0 heterocycles. The normalized spacial score (nSPS) is 12.1. The highest BCUT2D eigenvalue weighted by molar-refractivity contribution is 7.95. The fraction of sp³-hybridized carbons (Fsp3) is 0.0667. The van der Waals surface area contributed by atoms with E-state index in [-0.39, 0.29) is 21.4 Å². The number of nitro benzene ring substituents is 1. The molecule has 0 N–H and O–H groups in total. The maximum absolute atomic E-state index is 12.5. The van der Waals surface area contributed by atoms with E-state index in [1.165, 1.54) is 42.5 Å². The largest absolute Gasteiger partial charge is 0.269 e. The van der Waals surface area contributed by atoms with Crippen molar-refractivity contribution in [1.29, 1.82) is 0 Å². The number of non-ortho nitro benzene ring substituents is 1. The highest BCUT2D eigenvalue weighted by Crippen LogP contribution is 2.23. The molecule has 0 aromatic heterocycles. The van der Waals surface area contributed by atoms with Crippen molar-refractivity contribution in [3.63, 3.8) is 0 Å². The lowest BCUT2D eigenvalue weighted by molar-refractivity contribution is -0.384. The van der Waals surface area contributed by atoms with E-state index in [4.69, 9.17) is 11.6 Å².